The van der Waals surface area contributed by atoms with E-state index in [-0.39, 0.29) is 5.91 Å². The topological polar surface area (TPSA) is 34.0 Å². The van der Waals surface area contributed by atoms with Crippen LogP contribution in [0.3, 0.4) is 0 Å². The number of fused-ring (bicyclic) bond motifs is 1. The highest BCUT2D eigenvalue weighted by molar-refractivity contribution is 6.07. The van der Waals surface area contributed by atoms with E-state index < -0.39 is 0 Å². The number of aryl methyl sites for hydroxylation is 1. The third kappa shape index (κ3) is 2.82. The number of carbonyl (C=O) groups is 1. The number of benzene rings is 1. The number of rotatable bonds is 3. The van der Waals surface area contributed by atoms with E-state index in [2.05, 4.69) is 29.8 Å². The first-order valence-electron chi connectivity index (χ1n) is 8.07. The van der Waals surface area contributed by atoms with Crippen molar-refractivity contribution in [2.45, 2.75) is 52.1 Å². The molecule has 1 amide bonds. The Bertz CT molecular complexity index is 636. The maximum atomic E-state index is 12.6. The molecule has 1 aromatic heterocycles. The summed E-state index contributed by atoms with van der Waals surface area (Å²) in [4.78, 5) is 12.6. The van der Waals surface area contributed by atoms with Crippen LogP contribution in [0.2, 0.25) is 0 Å². The van der Waals surface area contributed by atoms with Crippen molar-refractivity contribution in [1.29, 1.82) is 0 Å². The highest BCUT2D eigenvalue weighted by atomic mass is 16.1. The SMILES string of the molecule is CCn1cc(C(=O)NC2CCC(C)CC2)c2ccccc21. The van der Waals surface area contributed by atoms with Crippen molar-refractivity contribution >= 4 is 16.8 Å². The molecule has 1 aliphatic rings. The van der Waals surface area contributed by atoms with Gasteiger partial charge in [-0.25, -0.2) is 0 Å². The molecule has 2 aromatic rings. The lowest BCUT2D eigenvalue weighted by molar-refractivity contribution is 0.0924. The zero-order chi connectivity index (χ0) is 14.8. The molecular weight excluding hydrogens is 260 g/mol. The summed E-state index contributed by atoms with van der Waals surface area (Å²) in [7, 11) is 0. The van der Waals surface area contributed by atoms with Gasteiger partial charge in [0.15, 0.2) is 0 Å². The Morgan fingerprint density at radius 2 is 1.95 bits per heavy atom. The summed E-state index contributed by atoms with van der Waals surface area (Å²) in [5.41, 5.74) is 1.95. The molecule has 1 fully saturated rings. The number of hydrogen-bond donors (Lipinski definition) is 1. The quantitative estimate of drug-likeness (QED) is 0.909. The molecule has 3 heteroatoms. The Labute approximate surface area is 126 Å². The third-order valence-electron chi connectivity index (χ3n) is 4.72. The van der Waals surface area contributed by atoms with Crippen molar-refractivity contribution in [1.82, 2.24) is 9.88 Å². The second kappa shape index (κ2) is 5.92. The summed E-state index contributed by atoms with van der Waals surface area (Å²) in [5.74, 6) is 0.887. The maximum Gasteiger partial charge on any atom is 0.253 e. The van der Waals surface area contributed by atoms with Gasteiger partial charge in [-0.2, -0.15) is 0 Å². The van der Waals surface area contributed by atoms with E-state index in [1.54, 1.807) is 0 Å². The zero-order valence-electron chi connectivity index (χ0n) is 12.9. The molecule has 0 radical (unpaired) electrons. The minimum atomic E-state index is 0.0814. The van der Waals surface area contributed by atoms with Gasteiger partial charge in [0, 0.05) is 29.7 Å². The van der Waals surface area contributed by atoms with Crippen molar-refractivity contribution in [2.24, 2.45) is 5.92 Å². The summed E-state index contributed by atoms with van der Waals surface area (Å²) >= 11 is 0. The molecule has 0 aliphatic heterocycles. The van der Waals surface area contributed by atoms with Crippen LogP contribution >= 0.6 is 0 Å². The van der Waals surface area contributed by atoms with Crippen LogP contribution in [0.1, 0.15) is 49.9 Å². The normalized spacial score (nSPS) is 22.4. The van der Waals surface area contributed by atoms with Crippen LogP contribution in [0.25, 0.3) is 10.9 Å². The molecular formula is C18H24N2O. The van der Waals surface area contributed by atoms with Gasteiger partial charge in [-0.15, -0.1) is 0 Å². The molecule has 0 unspecified atom stereocenters. The lowest BCUT2D eigenvalue weighted by Crippen LogP contribution is -2.37. The number of carbonyl (C=O) groups excluding carboxylic acids is 1. The average molecular weight is 284 g/mol. The second-order valence-electron chi connectivity index (χ2n) is 6.28. The van der Waals surface area contributed by atoms with Gasteiger partial charge in [0.2, 0.25) is 0 Å². The highest BCUT2D eigenvalue weighted by Gasteiger charge is 2.22. The first-order valence-corrected chi connectivity index (χ1v) is 8.07. The van der Waals surface area contributed by atoms with Crippen molar-refractivity contribution in [2.75, 3.05) is 0 Å². The Morgan fingerprint density at radius 3 is 2.67 bits per heavy atom. The van der Waals surface area contributed by atoms with E-state index in [4.69, 9.17) is 0 Å². The number of hydrogen-bond acceptors (Lipinski definition) is 1. The van der Waals surface area contributed by atoms with Gasteiger partial charge in [0.1, 0.15) is 0 Å². The first-order chi connectivity index (χ1) is 10.2. The fraction of sp³-hybridized carbons (Fsp3) is 0.500. The van der Waals surface area contributed by atoms with Crippen LogP contribution in [0.5, 0.6) is 0 Å². The molecule has 1 heterocycles. The molecule has 1 aliphatic carbocycles. The largest absolute Gasteiger partial charge is 0.349 e. The molecule has 1 aromatic carbocycles. The predicted molar refractivity (Wildman–Crippen MR) is 86.5 cm³/mol. The summed E-state index contributed by atoms with van der Waals surface area (Å²) in [6.45, 7) is 5.29. The average Bonchev–Trinajstić information content (AvgIpc) is 2.88. The smallest absolute Gasteiger partial charge is 0.253 e. The number of aromatic nitrogens is 1. The lowest BCUT2D eigenvalue weighted by Gasteiger charge is -2.26. The molecule has 0 atom stereocenters. The van der Waals surface area contributed by atoms with Gasteiger partial charge in [0.25, 0.3) is 5.91 Å². The van der Waals surface area contributed by atoms with Crippen LogP contribution in [0, 0.1) is 5.92 Å². The summed E-state index contributed by atoms with van der Waals surface area (Å²) in [5, 5.41) is 4.29. The van der Waals surface area contributed by atoms with Gasteiger partial charge in [0.05, 0.1) is 5.56 Å². The van der Waals surface area contributed by atoms with Crippen molar-refractivity contribution in [3.8, 4) is 0 Å². The molecule has 3 rings (SSSR count). The number of nitrogens with one attached hydrogen (secondary N) is 1. The monoisotopic (exact) mass is 284 g/mol. The van der Waals surface area contributed by atoms with E-state index in [9.17, 15) is 4.79 Å². The molecule has 1 N–H and O–H groups in total. The van der Waals surface area contributed by atoms with E-state index in [0.29, 0.717) is 6.04 Å². The van der Waals surface area contributed by atoms with Crippen LogP contribution in [-0.4, -0.2) is 16.5 Å². The molecule has 0 saturated heterocycles. The van der Waals surface area contributed by atoms with Gasteiger partial charge < -0.3 is 9.88 Å². The number of nitrogens with zero attached hydrogens (tertiary/aromatic N) is 1. The Kier molecular flexibility index (Phi) is 4.00. The second-order valence-corrected chi connectivity index (χ2v) is 6.28. The van der Waals surface area contributed by atoms with Gasteiger partial charge >= 0.3 is 0 Å². The van der Waals surface area contributed by atoms with Crippen LogP contribution in [-0.2, 0) is 6.54 Å². The summed E-state index contributed by atoms with van der Waals surface area (Å²) in [6, 6.07) is 8.50. The zero-order valence-corrected chi connectivity index (χ0v) is 12.9. The fourth-order valence-electron chi connectivity index (χ4n) is 3.36. The molecule has 112 valence electrons. The lowest BCUT2D eigenvalue weighted by atomic mass is 9.87. The van der Waals surface area contributed by atoms with Crippen molar-refractivity contribution < 1.29 is 4.79 Å². The Balaban J connectivity index is 1.81. The van der Waals surface area contributed by atoms with Crippen LogP contribution in [0.15, 0.2) is 30.5 Å². The van der Waals surface area contributed by atoms with Gasteiger partial charge in [-0.1, -0.05) is 25.1 Å². The molecule has 0 bridgehead atoms. The van der Waals surface area contributed by atoms with Crippen molar-refractivity contribution in [3.05, 3.63) is 36.0 Å². The maximum absolute atomic E-state index is 12.6. The van der Waals surface area contributed by atoms with Crippen molar-refractivity contribution in [3.63, 3.8) is 0 Å². The summed E-state index contributed by atoms with van der Waals surface area (Å²) in [6.07, 6.45) is 6.66. The van der Waals surface area contributed by atoms with Gasteiger partial charge in [-0.05, 0) is 44.6 Å². The highest BCUT2D eigenvalue weighted by Crippen LogP contribution is 2.25. The number of para-hydroxylation sites is 1. The molecule has 3 nitrogen and oxygen atoms in total. The molecule has 21 heavy (non-hydrogen) atoms. The third-order valence-corrected chi connectivity index (χ3v) is 4.72. The minimum absolute atomic E-state index is 0.0814. The van der Waals surface area contributed by atoms with Crippen LogP contribution < -0.4 is 5.32 Å². The van der Waals surface area contributed by atoms with Gasteiger partial charge in [-0.3, -0.25) is 4.79 Å². The Hall–Kier alpha value is -1.77. The van der Waals surface area contributed by atoms with E-state index >= 15 is 0 Å². The van der Waals surface area contributed by atoms with E-state index in [0.717, 1.165) is 41.8 Å². The molecule has 0 spiro atoms. The predicted octanol–water partition coefficient (Wildman–Crippen LogP) is 3.97. The standard InChI is InChI=1S/C18H24N2O/c1-3-20-12-16(15-6-4-5-7-17(15)20)18(21)19-14-10-8-13(2)9-11-14/h4-7,12-14H,3,8-11H2,1-2H3,(H,19,21). The Morgan fingerprint density at radius 1 is 1.24 bits per heavy atom. The van der Waals surface area contributed by atoms with E-state index in [1.807, 2.05) is 24.4 Å². The molecule has 1 saturated carbocycles. The first kappa shape index (κ1) is 14.2. The summed E-state index contributed by atoms with van der Waals surface area (Å²) < 4.78 is 2.15. The van der Waals surface area contributed by atoms with E-state index in [1.165, 1.54) is 12.8 Å². The fourth-order valence-corrected chi connectivity index (χ4v) is 3.36. The number of amides is 1. The van der Waals surface area contributed by atoms with Crippen LogP contribution in [0.4, 0.5) is 0 Å². The minimum Gasteiger partial charge on any atom is -0.349 e.